The van der Waals surface area contributed by atoms with Crippen LogP contribution in [-0.4, -0.2) is 66.5 Å². The first-order valence-corrected chi connectivity index (χ1v) is 8.38. The number of carbonyl (C=O) groups excluding carboxylic acids is 1. The average Bonchev–Trinajstić information content (AvgIpc) is 2.80. The van der Waals surface area contributed by atoms with Crippen molar-refractivity contribution in [3.05, 3.63) is 0 Å². The summed E-state index contributed by atoms with van der Waals surface area (Å²) < 4.78 is 26.2. The second-order valence-corrected chi connectivity index (χ2v) is 7.84. The van der Waals surface area contributed by atoms with Crippen LogP contribution in [0.15, 0.2) is 4.34 Å². The van der Waals surface area contributed by atoms with Crippen LogP contribution < -0.4 is 5.32 Å². The van der Waals surface area contributed by atoms with E-state index >= 15 is 0 Å². The molecule has 0 radical (unpaired) electrons. The summed E-state index contributed by atoms with van der Waals surface area (Å²) >= 11 is 0.866. The molecule has 1 aromatic rings. The Kier molecular flexibility index (Phi) is 4.37. The summed E-state index contributed by atoms with van der Waals surface area (Å²) in [5, 5.41) is 9.97. The summed E-state index contributed by atoms with van der Waals surface area (Å²) in [7, 11) is -1.67. The Morgan fingerprint density at radius 2 is 2.10 bits per heavy atom. The van der Waals surface area contributed by atoms with Crippen molar-refractivity contribution in [3.8, 4) is 0 Å². The van der Waals surface area contributed by atoms with Crippen molar-refractivity contribution in [2.75, 3.05) is 32.0 Å². The van der Waals surface area contributed by atoms with Crippen molar-refractivity contribution in [2.24, 2.45) is 0 Å². The minimum Gasteiger partial charge on any atom is -0.301 e. The van der Waals surface area contributed by atoms with E-state index in [1.807, 2.05) is 14.0 Å². The Labute approximate surface area is 121 Å². The number of likely N-dealkylation sites (N-methyl/N-ethyl adjacent to an activating group) is 1. The minimum absolute atomic E-state index is 0.0852. The number of rotatable bonds is 3. The molecule has 1 saturated heterocycles. The van der Waals surface area contributed by atoms with Crippen molar-refractivity contribution in [3.63, 3.8) is 0 Å². The molecule has 1 aliphatic rings. The molecule has 10 heteroatoms. The molecule has 1 N–H and O–H groups in total. The normalized spacial score (nSPS) is 21.9. The molecule has 8 nitrogen and oxygen atoms in total. The first-order chi connectivity index (χ1) is 9.30. The SMILES string of the molecule is CC(=O)Nc1nnc(S(=O)(=O)N2CCN(C)C(C)C2)s1. The van der Waals surface area contributed by atoms with E-state index in [9.17, 15) is 13.2 Å². The van der Waals surface area contributed by atoms with E-state index < -0.39 is 10.0 Å². The van der Waals surface area contributed by atoms with Gasteiger partial charge in [0.25, 0.3) is 10.0 Å². The van der Waals surface area contributed by atoms with Crippen LogP contribution in [0.3, 0.4) is 0 Å². The van der Waals surface area contributed by atoms with Crippen molar-refractivity contribution in [1.82, 2.24) is 19.4 Å². The number of aromatic nitrogens is 2. The van der Waals surface area contributed by atoms with Gasteiger partial charge in [-0.2, -0.15) is 4.31 Å². The number of sulfonamides is 1. The van der Waals surface area contributed by atoms with Gasteiger partial charge in [-0.1, -0.05) is 11.3 Å². The number of nitrogens with zero attached hydrogens (tertiary/aromatic N) is 4. The van der Waals surface area contributed by atoms with Crippen molar-refractivity contribution >= 4 is 32.4 Å². The Morgan fingerprint density at radius 3 is 2.70 bits per heavy atom. The fraction of sp³-hybridized carbons (Fsp3) is 0.700. The van der Waals surface area contributed by atoms with Gasteiger partial charge in [0.2, 0.25) is 15.4 Å². The minimum atomic E-state index is -3.63. The maximum atomic E-state index is 12.4. The number of piperazine rings is 1. The molecule has 2 rings (SSSR count). The standard InChI is InChI=1S/C10H17N5O3S2/c1-7-6-15(5-4-14(7)3)20(17,18)10-13-12-9(19-10)11-8(2)16/h7H,4-6H2,1-3H3,(H,11,12,16). The smallest absolute Gasteiger partial charge is 0.272 e. The van der Waals surface area contributed by atoms with Crippen LogP contribution in [0, 0.1) is 0 Å². The third-order valence-corrected chi connectivity index (χ3v) is 6.22. The number of hydrogen-bond acceptors (Lipinski definition) is 7. The predicted octanol–water partition coefficient (Wildman–Crippen LogP) is -0.179. The van der Waals surface area contributed by atoms with Crippen LogP contribution in [0.1, 0.15) is 13.8 Å². The van der Waals surface area contributed by atoms with Gasteiger partial charge in [-0.05, 0) is 14.0 Å². The summed E-state index contributed by atoms with van der Waals surface area (Å²) in [6.45, 7) is 4.84. The zero-order valence-corrected chi connectivity index (χ0v) is 13.2. The number of amides is 1. The Hall–Kier alpha value is -1.10. The van der Waals surface area contributed by atoms with Gasteiger partial charge >= 0.3 is 0 Å². The van der Waals surface area contributed by atoms with Gasteiger partial charge in [0.1, 0.15) is 0 Å². The molecule has 0 bridgehead atoms. The summed E-state index contributed by atoms with van der Waals surface area (Å²) in [6, 6.07) is 0.154. The van der Waals surface area contributed by atoms with Crippen LogP contribution in [0.4, 0.5) is 5.13 Å². The molecule has 0 aromatic carbocycles. The summed E-state index contributed by atoms with van der Waals surface area (Å²) in [4.78, 5) is 13.0. The summed E-state index contributed by atoms with van der Waals surface area (Å²) in [5.74, 6) is -0.307. The van der Waals surface area contributed by atoms with Crippen LogP contribution >= 0.6 is 11.3 Å². The molecule has 0 spiro atoms. The maximum Gasteiger partial charge on any atom is 0.272 e. The van der Waals surface area contributed by atoms with E-state index in [4.69, 9.17) is 0 Å². The Morgan fingerprint density at radius 1 is 1.40 bits per heavy atom. The van der Waals surface area contributed by atoms with Gasteiger partial charge in [-0.25, -0.2) is 8.42 Å². The van der Waals surface area contributed by atoms with Crippen molar-refractivity contribution in [1.29, 1.82) is 0 Å². The molecule has 1 fully saturated rings. The highest BCUT2D eigenvalue weighted by Gasteiger charge is 2.33. The average molecular weight is 319 g/mol. The van der Waals surface area contributed by atoms with E-state index in [0.29, 0.717) is 19.6 Å². The van der Waals surface area contributed by atoms with E-state index in [1.165, 1.54) is 11.2 Å². The molecule has 112 valence electrons. The highest BCUT2D eigenvalue weighted by atomic mass is 32.2. The molecule has 1 amide bonds. The topological polar surface area (TPSA) is 95.5 Å². The lowest BCUT2D eigenvalue weighted by molar-refractivity contribution is -0.114. The third kappa shape index (κ3) is 3.14. The highest BCUT2D eigenvalue weighted by molar-refractivity contribution is 7.91. The molecule has 0 aliphatic carbocycles. The number of anilines is 1. The molecule has 1 aromatic heterocycles. The van der Waals surface area contributed by atoms with E-state index in [2.05, 4.69) is 20.4 Å². The van der Waals surface area contributed by atoms with Gasteiger partial charge in [0.15, 0.2) is 0 Å². The zero-order valence-electron chi connectivity index (χ0n) is 11.5. The molecular formula is C10H17N5O3S2. The first-order valence-electron chi connectivity index (χ1n) is 6.12. The monoisotopic (exact) mass is 319 g/mol. The lowest BCUT2D eigenvalue weighted by Gasteiger charge is -2.36. The predicted molar refractivity (Wildman–Crippen MR) is 75.1 cm³/mol. The maximum absolute atomic E-state index is 12.4. The first kappa shape index (κ1) is 15.3. The molecule has 20 heavy (non-hydrogen) atoms. The van der Waals surface area contributed by atoms with Gasteiger partial charge in [-0.15, -0.1) is 10.2 Å². The van der Waals surface area contributed by atoms with E-state index in [-0.39, 0.29) is 21.4 Å². The van der Waals surface area contributed by atoms with Crippen LogP contribution in [0.25, 0.3) is 0 Å². The van der Waals surface area contributed by atoms with Crippen LogP contribution in [-0.2, 0) is 14.8 Å². The van der Waals surface area contributed by atoms with E-state index in [0.717, 1.165) is 11.3 Å². The van der Waals surface area contributed by atoms with Crippen molar-refractivity contribution in [2.45, 2.75) is 24.2 Å². The van der Waals surface area contributed by atoms with E-state index in [1.54, 1.807) is 0 Å². The largest absolute Gasteiger partial charge is 0.301 e. The van der Waals surface area contributed by atoms with Crippen LogP contribution in [0.2, 0.25) is 0 Å². The quantitative estimate of drug-likeness (QED) is 0.777. The molecule has 1 atom stereocenters. The molecular weight excluding hydrogens is 302 g/mol. The number of carbonyl (C=O) groups is 1. The second kappa shape index (κ2) is 5.72. The number of nitrogens with one attached hydrogen (secondary N) is 1. The Balaban J connectivity index is 2.18. The van der Waals surface area contributed by atoms with Gasteiger partial charge < -0.3 is 10.2 Å². The van der Waals surface area contributed by atoms with Crippen LogP contribution in [0.5, 0.6) is 0 Å². The lowest BCUT2D eigenvalue weighted by atomic mass is 10.2. The Bertz CT molecular complexity index is 600. The highest BCUT2D eigenvalue weighted by Crippen LogP contribution is 2.24. The molecule has 0 saturated carbocycles. The second-order valence-electron chi connectivity index (χ2n) is 4.75. The molecule has 1 unspecified atom stereocenters. The number of hydrogen-bond donors (Lipinski definition) is 1. The zero-order chi connectivity index (χ0) is 14.9. The molecule has 1 aliphatic heterocycles. The molecule has 2 heterocycles. The van der Waals surface area contributed by atoms with Gasteiger partial charge in [-0.3, -0.25) is 4.79 Å². The fourth-order valence-electron chi connectivity index (χ4n) is 1.86. The fourth-order valence-corrected chi connectivity index (χ4v) is 4.46. The van der Waals surface area contributed by atoms with Gasteiger partial charge in [0.05, 0.1) is 0 Å². The van der Waals surface area contributed by atoms with Crippen molar-refractivity contribution < 1.29 is 13.2 Å². The third-order valence-electron chi connectivity index (χ3n) is 3.17. The lowest BCUT2D eigenvalue weighted by Crippen LogP contribution is -2.51. The summed E-state index contributed by atoms with van der Waals surface area (Å²) in [6.07, 6.45) is 0. The summed E-state index contributed by atoms with van der Waals surface area (Å²) in [5.41, 5.74) is 0. The van der Waals surface area contributed by atoms with Gasteiger partial charge in [0, 0.05) is 32.6 Å².